The molecule has 3 rings (SSSR count). The molecule has 0 saturated carbocycles. The molecule has 1 aromatic heterocycles. The predicted octanol–water partition coefficient (Wildman–Crippen LogP) is 2.34. The maximum atomic E-state index is 13.2. The van der Waals surface area contributed by atoms with Crippen molar-refractivity contribution < 1.29 is 32.1 Å². The van der Waals surface area contributed by atoms with Gasteiger partial charge in [0, 0.05) is 30.9 Å². The molecular weight excluding hydrogens is 523 g/mol. The molecule has 1 aromatic rings. The number of sulfone groups is 1. The van der Waals surface area contributed by atoms with E-state index in [4.69, 9.17) is 14.0 Å². The van der Waals surface area contributed by atoms with Crippen LogP contribution in [-0.2, 0) is 28.7 Å². The zero-order valence-corrected chi connectivity index (χ0v) is 25.4. The molecule has 2 amide bonds. The summed E-state index contributed by atoms with van der Waals surface area (Å²) in [6.07, 6.45) is 3.28. The predicted molar refractivity (Wildman–Crippen MR) is 147 cm³/mol. The first-order valence-electron chi connectivity index (χ1n) is 13.5. The molecule has 1 atom stereocenters. The van der Waals surface area contributed by atoms with E-state index in [0.717, 1.165) is 0 Å². The summed E-state index contributed by atoms with van der Waals surface area (Å²) in [5.41, 5.74) is -1.17. The van der Waals surface area contributed by atoms with Crippen molar-refractivity contribution >= 4 is 34.4 Å². The highest BCUT2D eigenvalue weighted by Crippen LogP contribution is 2.36. The number of nitrogens with one attached hydrogen (secondary N) is 1. The van der Waals surface area contributed by atoms with Crippen molar-refractivity contribution in [1.29, 1.82) is 0 Å². The van der Waals surface area contributed by atoms with Crippen molar-refractivity contribution in [3.8, 4) is 0 Å². The van der Waals surface area contributed by atoms with Gasteiger partial charge < -0.3 is 24.3 Å². The summed E-state index contributed by atoms with van der Waals surface area (Å²) >= 11 is 0. The number of likely N-dealkylation sites (tertiary alicyclic amines) is 1. The number of carbonyl (C=O) groups is 2. The van der Waals surface area contributed by atoms with Crippen LogP contribution in [-0.4, -0.2) is 84.1 Å². The number of hydrogen-bond acceptors (Lipinski definition) is 9. The van der Waals surface area contributed by atoms with Gasteiger partial charge in [-0.3, -0.25) is 4.79 Å². The zero-order valence-electron chi connectivity index (χ0n) is 24.6. The summed E-state index contributed by atoms with van der Waals surface area (Å²) in [6.45, 7) is 17.6. The van der Waals surface area contributed by atoms with Gasteiger partial charge in [-0.1, -0.05) is 13.8 Å². The molecule has 0 aliphatic carbocycles. The normalized spacial score (nSPS) is 20.7. The molecule has 0 spiro atoms. The van der Waals surface area contributed by atoms with Crippen molar-refractivity contribution in [3.63, 3.8) is 0 Å². The van der Waals surface area contributed by atoms with Gasteiger partial charge in [-0.15, -0.1) is 0 Å². The number of carbonyl (C=O) groups excluding carboxylic acids is 2. The first-order valence-corrected chi connectivity index (χ1v) is 15.2. The Labute approximate surface area is 232 Å². The Balaban J connectivity index is 1.57. The average Bonchev–Trinajstić information content (AvgIpc) is 3.03. The van der Waals surface area contributed by atoms with E-state index >= 15 is 0 Å². The zero-order chi connectivity index (χ0) is 29.4. The highest BCUT2D eigenvalue weighted by Gasteiger charge is 2.52. The molecule has 2 aliphatic heterocycles. The minimum Gasteiger partial charge on any atom is -0.444 e. The van der Waals surface area contributed by atoms with Gasteiger partial charge in [-0.25, -0.2) is 23.2 Å². The Morgan fingerprint density at radius 1 is 1.10 bits per heavy atom. The topological polar surface area (TPSA) is 137 Å². The molecule has 2 saturated heterocycles. The van der Waals surface area contributed by atoms with E-state index < -0.39 is 45.9 Å². The fourth-order valence-corrected chi connectivity index (χ4v) is 5.97. The Hall–Kier alpha value is -2.25. The number of rotatable bonds is 7. The Morgan fingerprint density at radius 3 is 2.08 bits per heavy atom. The molecule has 2 fully saturated rings. The second-order valence-corrected chi connectivity index (χ2v) is 14.7. The van der Waals surface area contributed by atoms with Crippen LogP contribution in [0.5, 0.6) is 0 Å². The highest BCUT2D eigenvalue weighted by atomic mass is 32.2. The Kier molecular flexibility index (Phi) is 9.08. The average molecular weight is 567 g/mol. The molecule has 13 heteroatoms. The monoisotopic (exact) mass is 566 g/mol. The van der Waals surface area contributed by atoms with E-state index in [1.165, 1.54) is 12.4 Å². The minimum atomic E-state index is -3.73. The number of hydrogen-bond donors (Lipinski definition) is 1. The molecule has 11 nitrogen and oxygen atoms in total. The van der Waals surface area contributed by atoms with E-state index in [9.17, 15) is 18.0 Å². The first-order chi connectivity index (χ1) is 17.8. The van der Waals surface area contributed by atoms with Crippen molar-refractivity contribution in [2.24, 2.45) is 11.8 Å². The van der Waals surface area contributed by atoms with Crippen LogP contribution in [0.1, 0.15) is 75.2 Å². The molecule has 1 N–H and O–H groups in total. The van der Waals surface area contributed by atoms with E-state index in [1.54, 1.807) is 25.7 Å². The van der Waals surface area contributed by atoms with Crippen molar-refractivity contribution in [1.82, 2.24) is 20.2 Å². The van der Waals surface area contributed by atoms with Crippen LogP contribution in [0.25, 0.3) is 0 Å². The summed E-state index contributed by atoms with van der Waals surface area (Å²) in [7, 11) is -4.40. The summed E-state index contributed by atoms with van der Waals surface area (Å²) in [5, 5.41) is 2.46. The number of aromatic nitrogens is 2. The summed E-state index contributed by atoms with van der Waals surface area (Å²) in [5.74, 6) is -0.574. The van der Waals surface area contributed by atoms with Gasteiger partial charge in [-0.05, 0) is 73.1 Å². The van der Waals surface area contributed by atoms with E-state index in [2.05, 4.69) is 15.3 Å². The van der Waals surface area contributed by atoms with Crippen LogP contribution in [0.3, 0.4) is 0 Å². The molecule has 0 radical (unpaired) electrons. The van der Waals surface area contributed by atoms with E-state index in [1.807, 2.05) is 41.5 Å². The van der Waals surface area contributed by atoms with Crippen molar-refractivity contribution in [2.75, 3.05) is 18.8 Å². The van der Waals surface area contributed by atoms with Gasteiger partial charge in [0.15, 0.2) is 0 Å². The molecule has 0 bridgehead atoms. The smallest absolute Gasteiger partial charge is 0.444 e. The second-order valence-electron chi connectivity index (χ2n) is 12.8. The lowest BCUT2D eigenvalue weighted by atomic mass is 9.81. The maximum Gasteiger partial charge on any atom is 0.498 e. The lowest BCUT2D eigenvalue weighted by Crippen LogP contribution is -2.53. The number of ether oxygens (including phenoxy) is 1. The Bertz CT molecular complexity index is 1130. The third-order valence-corrected chi connectivity index (χ3v) is 9.12. The minimum absolute atomic E-state index is 0.103. The fourth-order valence-electron chi connectivity index (χ4n) is 4.44. The number of piperidine rings is 1. The standard InChI is InChI=1S/C26H43BN4O7S/c1-17(2)20(30-23(33)36-24(3,4)5)21(32)31-12-10-18(11-13-31)16-39(34,35)22-28-14-19(15-29-22)27-37-25(6,7)26(8,9)38-27/h14-15,17-18,20H,10-13,16H2,1-9H3,(H,30,33). The fraction of sp³-hybridized carbons (Fsp3) is 0.769. The lowest BCUT2D eigenvalue weighted by Gasteiger charge is -2.35. The third kappa shape index (κ3) is 7.70. The number of amides is 2. The maximum absolute atomic E-state index is 13.2. The second kappa shape index (κ2) is 11.3. The molecule has 218 valence electrons. The summed E-state index contributed by atoms with van der Waals surface area (Å²) in [4.78, 5) is 35.4. The molecule has 2 aliphatic rings. The van der Waals surface area contributed by atoms with Crippen LogP contribution in [0.2, 0.25) is 0 Å². The van der Waals surface area contributed by atoms with Crippen molar-refractivity contribution in [2.45, 2.75) is 103 Å². The molecule has 3 heterocycles. The van der Waals surface area contributed by atoms with Gasteiger partial charge in [0.1, 0.15) is 11.6 Å². The first kappa shape index (κ1) is 31.3. The lowest BCUT2D eigenvalue weighted by molar-refractivity contribution is -0.135. The largest absolute Gasteiger partial charge is 0.498 e. The highest BCUT2D eigenvalue weighted by molar-refractivity contribution is 7.91. The van der Waals surface area contributed by atoms with Gasteiger partial charge in [-0.2, -0.15) is 0 Å². The van der Waals surface area contributed by atoms with Crippen molar-refractivity contribution in [3.05, 3.63) is 12.4 Å². The van der Waals surface area contributed by atoms with Crippen LogP contribution in [0, 0.1) is 11.8 Å². The molecule has 1 unspecified atom stereocenters. The van der Waals surface area contributed by atoms with Crippen LogP contribution in [0.4, 0.5) is 4.79 Å². The van der Waals surface area contributed by atoms with Crippen LogP contribution >= 0.6 is 0 Å². The van der Waals surface area contributed by atoms with E-state index in [-0.39, 0.29) is 28.7 Å². The van der Waals surface area contributed by atoms with Gasteiger partial charge in [0.25, 0.3) is 0 Å². The molecule has 39 heavy (non-hydrogen) atoms. The third-order valence-electron chi connectivity index (χ3n) is 7.44. The van der Waals surface area contributed by atoms with Crippen LogP contribution in [0.15, 0.2) is 17.6 Å². The molecule has 0 aromatic carbocycles. The Morgan fingerprint density at radius 2 is 1.62 bits per heavy atom. The summed E-state index contributed by atoms with van der Waals surface area (Å²) < 4.78 is 43.4. The van der Waals surface area contributed by atoms with E-state index in [0.29, 0.717) is 31.4 Å². The van der Waals surface area contributed by atoms with Gasteiger partial charge in [0.05, 0.1) is 17.0 Å². The van der Waals surface area contributed by atoms with Crippen LogP contribution < -0.4 is 10.8 Å². The number of nitrogens with zero attached hydrogens (tertiary/aromatic N) is 3. The SMILES string of the molecule is CC(C)C(NC(=O)OC(C)(C)C)C(=O)N1CCC(CS(=O)(=O)c2ncc(B3OC(C)(C)C(C)(C)O3)cn2)CC1. The van der Waals surface area contributed by atoms with Gasteiger partial charge in [0.2, 0.25) is 20.9 Å². The quantitative estimate of drug-likeness (QED) is 0.389. The summed E-state index contributed by atoms with van der Waals surface area (Å²) in [6, 6.07) is -0.726. The van der Waals surface area contributed by atoms with Gasteiger partial charge >= 0.3 is 13.2 Å². The number of alkyl carbamates (subject to hydrolysis) is 1. The molecular formula is C26H43BN4O7S.